The number of carbonyl (C=O) groups excluding carboxylic acids is 2. The molecule has 0 aliphatic carbocycles. The van der Waals surface area contributed by atoms with Gasteiger partial charge < -0.3 is 15.4 Å². The molecule has 0 saturated heterocycles. The molecule has 0 radical (unpaired) electrons. The van der Waals surface area contributed by atoms with Crippen LogP contribution in [0.2, 0.25) is 0 Å². The maximum absolute atomic E-state index is 13.2. The largest absolute Gasteiger partial charge is 0.439 e. The average Bonchev–Trinajstić information content (AvgIpc) is 2.77. The molecule has 0 aliphatic heterocycles. The number of rotatable bonds is 8. The number of hydrogen-bond acceptors (Lipinski definition) is 4. The number of pyridine rings is 1. The highest BCUT2D eigenvalue weighted by molar-refractivity contribution is 5.97. The fourth-order valence-corrected chi connectivity index (χ4v) is 2.89. The molecule has 0 bridgehead atoms. The molecule has 0 saturated carbocycles. The smallest absolute Gasteiger partial charge is 0.251 e. The minimum Gasteiger partial charge on any atom is -0.439 e. The van der Waals surface area contributed by atoms with Crippen LogP contribution in [0, 0.1) is 17.6 Å². The number of carbonyl (C=O) groups is 2. The van der Waals surface area contributed by atoms with E-state index < -0.39 is 23.6 Å². The maximum atomic E-state index is 13.2. The van der Waals surface area contributed by atoms with Gasteiger partial charge in [-0.3, -0.25) is 9.59 Å². The van der Waals surface area contributed by atoms with Crippen molar-refractivity contribution in [2.75, 3.05) is 0 Å². The lowest BCUT2D eigenvalue weighted by Gasteiger charge is -2.21. The van der Waals surface area contributed by atoms with Crippen LogP contribution < -0.4 is 15.4 Å². The Morgan fingerprint density at radius 2 is 1.75 bits per heavy atom. The van der Waals surface area contributed by atoms with Gasteiger partial charge in [0.2, 0.25) is 11.8 Å². The predicted molar refractivity (Wildman–Crippen MR) is 115 cm³/mol. The Labute approximate surface area is 184 Å². The fraction of sp³-hybridized carbons (Fsp3) is 0.208. The van der Waals surface area contributed by atoms with Crippen LogP contribution in [-0.2, 0) is 11.3 Å². The van der Waals surface area contributed by atoms with Crippen LogP contribution in [-0.4, -0.2) is 22.8 Å². The van der Waals surface area contributed by atoms with E-state index in [1.165, 1.54) is 48.7 Å². The number of halogens is 2. The molecule has 1 aromatic heterocycles. The first-order valence-electron chi connectivity index (χ1n) is 10.0. The van der Waals surface area contributed by atoms with Gasteiger partial charge in [0, 0.05) is 30.4 Å². The van der Waals surface area contributed by atoms with Crippen molar-refractivity contribution < 1.29 is 23.1 Å². The van der Waals surface area contributed by atoms with Gasteiger partial charge >= 0.3 is 0 Å². The van der Waals surface area contributed by atoms with E-state index in [1.54, 1.807) is 18.2 Å². The number of ether oxygens (including phenoxy) is 1. The first-order valence-corrected chi connectivity index (χ1v) is 10.0. The summed E-state index contributed by atoms with van der Waals surface area (Å²) in [6, 6.07) is 13.4. The van der Waals surface area contributed by atoms with E-state index in [9.17, 15) is 18.4 Å². The van der Waals surface area contributed by atoms with Gasteiger partial charge in [0.15, 0.2) is 0 Å². The van der Waals surface area contributed by atoms with Gasteiger partial charge in [0.05, 0.1) is 0 Å². The first-order chi connectivity index (χ1) is 15.3. The minimum atomic E-state index is -0.768. The van der Waals surface area contributed by atoms with E-state index in [4.69, 9.17) is 4.74 Å². The Kier molecular flexibility index (Phi) is 7.49. The number of benzene rings is 2. The van der Waals surface area contributed by atoms with Crippen LogP contribution in [0.25, 0.3) is 0 Å². The van der Waals surface area contributed by atoms with E-state index in [1.807, 2.05) is 13.8 Å². The van der Waals surface area contributed by atoms with Gasteiger partial charge in [0.25, 0.3) is 5.91 Å². The zero-order valence-electron chi connectivity index (χ0n) is 17.6. The second-order valence-corrected chi connectivity index (χ2v) is 7.48. The maximum Gasteiger partial charge on any atom is 0.251 e. The predicted octanol–water partition coefficient (Wildman–Crippen LogP) is 4.22. The summed E-state index contributed by atoms with van der Waals surface area (Å²) < 4.78 is 31.8. The summed E-state index contributed by atoms with van der Waals surface area (Å²) in [4.78, 5) is 29.2. The summed E-state index contributed by atoms with van der Waals surface area (Å²) >= 11 is 0. The van der Waals surface area contributed by atoms with Crippen LogP contribution in [0.15, 0.2) is 66.9 Å². The van der Waals surface area contributed by atoms with E-state index in [0.29, 0.717) is 5.75 Å². The zero-order valence-corrected chi connectivity index (χ0v) is 17.6. The highest BCUT2D eigenvalue weighted by Gasteiger charge is 2.24. The molecule has 1 atom stereocenters. The standard InChI is InChI=1S/C24H23F2N3O3/c1-15(2)22(29-23(30)17-7-9-18(25)10-8-17)24(31)28-14-16-6-11-21(27-13-16)32-20-5-3-4-19(26)12-20/h3-13,15,22H,14H2,1-2H3,(H,28,31)(H,29,30). The van der Waals surface area contributed by atoms with Gasteiger partial charge in [-0.25, -0.2) is 13.8 Å². The van der Waals surface area contributed by atoms with Crippen molar-refractivity contribution in [3.8, 4) is 11.6 Å². The molecule has 3 aromatic rings. The van der Waals surface area contributed by atoms with Crippen molar-refractivity contribution in [1.82, 2.24) is 15.6 Å². The molecule has 2 aromatic carbocycles. The van der Waals surface area contributed by atoms with Crippen LogP contribution in [0.4, 0.5) is 8.78 Å². The summed E-state index contributed by atoms with van der Waals surface area (Å²) in [5, 5.41) is 5.47. The molecule has 1 unspecified atom stereocenters. The molecule has 32 heavy (non-hydrogen) atoms. The Morgan fingerprint density at radius 1 is 1.00 bits per heavy atom. The SMILES string of the molecule is CC(C)C(NC(=O)c1ccc(F)cc1)C(=O)NCc1ccc(Oc2cccc(F)c2)nc1. The van der Waals surface area contributed by atoms with Gasteiger partial charge in [-0.05, 0) is 47.9 Å². The molecule has 6 nitrogen and oxygen atoms in total. The molecule has 166 valence electrons. The molecular formula is C24H23F2N3O3. The molecule has 0 fully saturated rings. The van der Waals surface area contributed by atoms with Crippen LogP contribution in [0.3, 0.4) is 0 Å². The highest BCUT2D eigenvalue weighted by atomic mass is 19.1. The number of nitrogens with zero attached hydrogens (tertiary/aromatic N) is 1. The number of nitrogens with one attached hydrogen (secondary N) is 2. The molecule has 8 heteroatoms. The van der Waals surface area contributed by atoms with Gasteiger partial charge in [0.1, 0.15) is 23.4 Å². The molecule has 0 aliphatic rings. The van der Waals surface area contributed by atoms with Crippen molar-refractivity contribution in [3.05, 3.63) is 89.6 Å². The van der Waals surface area contributed by atoms with E-state index in [2.05, 4.69) is 15.6 Å². The lowest BCUT2D eigenvalue weighted by Crippen LogP contribution is -2.49. The first kappa shape index (κ1) is 22.9. The van der Waals surface area contributed by atoms with Crippen molar-refractivity contribution >= 4 is 11.8 Å². The van der Waals surface area contributed by atoms with Crippen LogP contribution >= 0.6 is 0 Å². The van der Waals surface area contributed by atoms with E-state index in [-0.39, 0.29) is 29.8 Å². The van der Waals surface area contributed by atoms with Crippen molar-refractivity contribution in [2.24, 2.45) is 5.92 Å². The number of aromatic nitrogens is 1. The number of amides is 2. The monoisotopic (exact) mass is 439 g/mol. The average molecular weight is 439 g/mol. The third kappa shape index (κ3) is 6.34. The summed E-state index contributed by atoms with van der Waals surface area (Å²) in [5.41, 5.74) is 0.986. The molecule has 2 amide bonds. The quantitative estimate of drug-likeness (QED) is 0.551. The third-order valence-corrected chi connectivity index (χ3v) is 4.62. The lowest BCUT2D eigenvalue weighted by atomic mass is 10.0. The molecule has 1 heterocycles. The van der Waals surface area contributed by atoms with E-state index >= 15 is 0 Å². The normalized spacial score (nSPS) is 11.7. The highest BCUT2D eigenvalue weighted by Crippen LogP contribution is 2.20. The summed E-state index contributed by atoms with van der Waals surface area (Å²) in [6.45, 7) is 3.83. The van der Waals surface area contributed by atoms with Gasteiger partial charge in [-0.2, -0.15) is 0 Å². The molecule has 2 N–H and O–H groups in total. The number of hydrogen-bond donors (Lipinski definition) is 2. The topological polar surface area (TPSA) is 80.3 Å². The summed E-state index contributed by atoms with van der Waals surface area (Å²) in [6.07, 6.45) is 1.54. The Bertz CT molecular complexity index is 1070. The van der Waals surface area contributed by atoms with Crippen LogP contribution in [0.1, 0.15) is 29.8 Å². The second kappa shape index (κ2) is 10.5. The van der Waals surface area contributed by atoms with Gasteiger partial charge in [-0.1, -0.05) is 26.0 Å². The van der Waals surface area contributed by atoms with Crippen molar-refractivity contribution in [2.45, 2.75) is 26.4 Å². The minimum absolute atomic E-state index is 0.167. The van der Waals surface area contributed by atoms with Crippen molar-refractivity contribution in [1.29, 1.82) is 0 Å². The van der Waals surface area contributed by atoms with E-state index in [0.717, 1.165) is 5.56 Å². The second-order valence-electron chi connectivity index (χ2n) is 7.48. The van der Waals surface area contributed by atoms with Crippen LogP contribution in [0.5, 0.6) is 11.6 Å². The summed E-state index contributed by atoms with van der Waals surface area (Å²) in [5.74, 6) is -1.21. The van der Waals surface area contributed by atoms with Crippen molar-refractivity contribution in [3.63, 3.8) is 0 Å². The fourth-order valence-electron chi connectivity index (χ4n) is 2.89. The summed E-state index contributed by atoms with van der Waals surface area (Å²) in [7, 11) is 0. The molecule has 3 rings (SSSR count). The lowest BCUT2D eigenvalue weighted by molar-refractivity contribution is -0.124. The molecule has 0 spiro atoms. The molecular weight excluding hydrogens is 416 g/mol. The Hall–Kier alpha value is -3.81. The Balaban J connectivity index is 1.56. The third-order valence-electron chi connectivity index (χ3n) is 4.62. The Morgan fingerprint density at radius 3 is 2.38 bits per heavy atom. The van der Waals surface area contributed by atoms with Gasteiger partial charge in [-0.15, -0.1) is 0 Å². The zero-order chi connectivity index (χ0) is 23.1.